The topological polar surface area (TPSA) is 78.9 Å². The number of carbonyl (C=O) groups excluding carboxylic acids is 2. The molecular weight excluding hydrogens is 387 g/mol. The van der Waals surface area contributed by atoms with Crippen molar-refractivity contribution in [3.63, 3.8) is 0 Å². The third-order valence-electron chi connectivity index (χ3n) is 5.77. The number of fused-ring (bicyclic) bond motifs is 1. The Morgan fingerprint density at radius 1 is 1.23 bits per heavy atom. The maximum absolute atomic E-state index is 13.9. The SMILES string of the molecule is O=C(C=Cc1ccc2c(c1)C(=O)CC1(CCN(Cc3ccccc3F)CC1)O2)NO. The number of hydroxylamine groups is 1. The largest absolute Gasteiger partial charge is 0.486 e. The van der Waals surface area contributed by atoms with Crippen molar-refractivity contribution in [1.29, 1.82) is 0 Å². The fraction of sp³-hybridized carbons (Fsp3) is 0.304. The van der Waals surface area contributed by atoms with Crippen LogP contribution in [0.3, 0.4) is 0 Å². The number of nitrogens with one attached hydrogen (secondary N) is 1. The molecule has 1 amide bonds. The molecule has 6 nitrogen and oxygen atoms in total. The lowest BCUT2D eigenvalue weighted by molar-refractivity contribution is -0.124. The second-order valence-corrected chi connectivity index (χ2v) is 7.82. The van der Waals surface area contributed by atoms with E-state index in [-0.39, 0.29) is 11.6 Å². The molecule has 2 N–H and O–H groups in total. The smallest absolute Gasteiger partial charge is 0.267 e. The summed E-state index contributed by atoms with van der Waals surface area (Å²) >= 11 is 0. The number of benzene rings is 2. The Balaban J connectivity index is 1.43. The van der Waals surface area contributed by atoms with Crippen molar-refractivity contribution in [3.05, 3.63) is 71.0 Å². The number of ketones is 1. The van der Waals surface area contributed by atoms with Crippen molar-refractivity contribution in [2.75, 3.05) is 13.1 Å². The Morgan fingerprint density at radius 2 is 2.00 bits per heavy atom. The van der Waals surface area contributed by atoms with Crippen LogP contribution < -0.4 is 10.2 Å². The van der Waals surface area contributed by atoms with E-state index in [1.54, 1.807) is 30.3 Å². The number of ether oxygens (including phenoxy) is 1. The lowest BCUT2D eigenvalue weighted by atomic mass is 9.82. The van der Waals surface area contributed by atoms with Gasteiger partial charge in [0.25, 0.3) is 5.91 Å². The van der Waals surface area contributed by atoms with Gasteiger partial charge < -0.3 is 4.74 Å². The van der Waals surface area contributed by atoms with E-state index in [0.717, 1.165) is 13.1 Å². The van der Waals surface area contributed by atoms with Gasteiger partial charge >= 0.3 is 0 Å². The maximum atomic E-state index is 13.9. The third kappa shape index (κ3) is 4.27. The van der Waals surface area contributed by atoms with E-state index in [1.807, 2.05) is 6.07 Å². The molecule has 0 atom stereocenters. The second kappa shape index (κ2) is 8.38. The molecule has 0 radical (unpaired) electrons. The average Bonchev–Trinajstić information content (AvgIpc) is 2.75. The Bertz CT molecular complexity index is 996. The summed E-state index contributed by atoms with van der Waals surface area (Å²) in [5.41, 5.74) is 2.85. The number of amides is 1. The van der Waals surface area contributed by atoms with Gasteiger partial charge in [0, 0.05) is 44.1 Å². The van der Waals surface area contributed by atoms with E-state index in [4.69, 9.17) is 9.94 Å². The molecule has 30 heavy (non-hydrogen) atoms. The van der Waals surface area contributed by atoms with E-state index >= 15 is 0 Å². The molecule has 0 saturated carbocycles. The first-order valence-electron chi connectivity index (χ1n) is 9.92. The molecule has 0 bridgehead atoms. The van der Waals surface area contributed by atoms with Gasteiger partial charge in [0.2, 0.25) is 0 Å². The number of rotatable bonds is 4. The number of piperidine rings is 1. The third-order valence-corrected chi connectivity index (χ3v) is 5.77. The summed E-state index contributed by atoms with van der Waals surface area (Å²) in [5.74, 6) is -0.272. The molecule has 156 valence electrons. The standard InChI is InChI=1S/C23H23FN2O4/c24-19-4-2-1-3-17(19)15-26-11-9-23(10-12-26)14-20(27)18-13-16(5-7-21(18)30-23)6-8-22(28)25-29/h1-8,13,29H,9-12,14-15H2,(H,25,28). The Hall–Kier alpha value is -3.03. The van der Waals surface area contributed by atoms with Crippen molar-refractivity contribution in [3.8, 4) is 5.75 Å². The Labute approximate surface area is 173 Å². The molecule has 1 saturated heterocycles. The predicted molar refractivity (Wildman–Crippen MR) is 109 cm³/mol. The first-order chi connectivity index (χ1) is 14.5. The molecular formula is C23H23FN2O4. The normalized spacial score (nSPS) is 18.3. The van der Waals surface area contributed by atoms with Crippen LogP contribution in [-0.4, -0.2) is 40.5 Å². The van der Waals surface area contributed by atoms with Gasteiger partial charge in [-0.2, -0.15) is 0 Å². The fourth-order valence-corrected chi connectivity index (χ4v) is 4.09. The zero-order valence-corrected chi connectivity index (χ0v) is 16.4. The van der Waals surface area contributed by atoms with Gasteiger partial charge in [0.15, 0.2) is 5.78 Å². The van der Waals surface area contributed by atoms with E-state index in [2.05, 4.69) is 4.90 Å². The number of halogens is 1. The zero-order chi connectivity index (χ0) is 21.1. The summed E-state index contributed by atoms with van der Waals surface area (Å²) in [6.07, 6.45) is 4.40. The molecule has 4 rings (SSSR count). The number of hydrogen-bond donors (Lipinski definition) is 2. The second-order valence-electron chi connectivity index (χ2n) is 7.82. The molecule has 0 aliphatic carbocycles. The van der Waals surface area contributed by atoms with Crippen LogP contribution in [0.15, 0.2) is 48.5 Å². The van der Waals surface area contributed by atoms with Crippen molar-refractivity contribution < 1.29 is 23.9 Å². The molecule has 2 aromatic rings. The molecule has 2 aromatic carbocycles. The summed E-state index contributed by atoms with van der Waals surface area (Å²) in [4.78, 5) is 26.2. The molecule has 7 heteroatoms. The lowest BCUT2D eigenvalue weighted by Gasteiger charge is -2.44. The first kappa shape index (κ1) is 20.3. The molecule has 1 fully saturated rings. The van der Waals surface area contributed by atoms with Crippen LogP contribution in [0, 0.1) is 5.82 Å². The van der Waals surface area contributed by atoms with Gasteiger partial charge in [0.05, 0.1) is 12.0 Å². The van der Waals surface area contributed by atoms with Crippen molar-refractivity contribution >= 4 is 17.8 Å². The number of Topliss-reactive ketones (excluding diaryl/α,β-unsaturated/α-hetero) is 1. The summed E-state index contributed by atoms with van der Waals surface area (Å²) in [6.45, 7) is 2.01. The minimum atomic E-state index is -0.642. The Morgan fingerprint density at radius 3 is 2.73 bits per heavy atom. The van der Waals surface area contributed by atoms with Gasteiger partial charge in [-0.1, -0.05) is 24.3 Å². The van der Waals surface area contributed by atoms with Crippen LogP contribution in [0.5, 0.6) is 5.75 Å². The van der Waals surface area contributed by atoms with E-state index in [0.29, 0.717) is 48.2 Å². The minimum absolute atomic E-state index is 0.0145. The van der Waals surface area contributed by atoms with E-state index in [1.165, 1.54) is 23.7 Å². The highest BCUT2D eigenvalue weighted by Crippen LogP contribution is 2.40. The van der Waals surface area contributed by atoms with Crippen LogP contribution in [0.2, 0.25) is 0 Å². The van der Waals surface area contributed by atoms with Gasteiger partial charge in [-0.25, -0.2) is 9.87 Å². The minimum Gasteiger partial charge on any atom is -0.486 e. The molecule has 0 aromatic heterocycles. The van der Waals surface area contributed by atoms with Gasteiger partial charge in [-0.05, 0) is 29.8 Å². The van der Waals surface area contributed by atoms with E-state index in [9.17, 15) is 14.0 Å². The van der Waals surface area contributed by atoms with Crippen molar-refractivity contribution in [2.24, 2.45) is 0 Å². The van der Waals surface area contributed by atoms with Crippen LogP contribution in [0.4, 0.5) is 4.39 Å². The summed E-state index contributed by atoms with van der Waals surface area (Å²) in [6, 6.07) is 12.0. The lowest BCUT2D eigenvalue weighted by Crippen LogP contribution is -2.50. The predicted octanol–water partition coefficient (Wildman–Crippen LogP) is 3.34. The van der Waals surface area contributed by atoms with Crippen LogP contribution in [0.1, 0.15) is 40.7 Å². The van der Waals surface area contributed by atoms with Crippen LogP contribution in [0.25, 0.3) is 6.08 Å². The van der Waals surface area contributed by atoms with Crippen LogP contribution >= 0.6 is 0 Å². The summed E-state index contributed by atoms with van der Waals surface area (Å²) in [7, 11) is 0. The summed E-state index contributed by atoms with van der Waals surface area (Å²) in [5, 5.41) is 8.56. The van der Waals surface area contributed by atoms with Crippen LogP contribution in [-0.2, 0) is 11.3 Å². The van der Waals surface area contributed by atoms with Crippen molar-refractivity contribution in [1.82, 2.24) is 10.4 Å². The quantitative estimate of drug-likeness (QED) is 0.459. The number of likely N-dealkylation sites (tertiary alicyclic amines) is 1. The molecule has 0 unspecified atom stereocenters. The highest BCUT2D eigenvalue weighted by Gasteiger charge is 2.42. The number of carbonyl (C=O) groups is 2. The average molecular weight is 410 g/mol. The molecule has 2 aliphatic rings. The van der Waals surface area contributed by atoms with Gasteiger partial charge in [-0.15, -0.1) is 0 Å². The van der Waals surface area contributed by atoms with E-state index < -0.39 is 11.5 Å². The highest BCUT2D eigenvalue weighted by molar-refractivity contribution is 6.01. The summed E-state index contributed by atoms with van der Waals surface area (Å²) < 4.78 is 20.2. The van der Waals surface area contributed by atoms with Gasteiger partial charge in [0.1, 0.15) is 17.2 Å². The molecule has 2 heterocycles. The monoisotopic (exact) mass is 410 g/mol. The number of hydrogen-bond acceptors (Lipinski definition) is 5. The Kier molecular flexibility index (Phi) is 5.65. The number of nitrogens with zero attached hydrogens (tertiary/aromatic N) is 1. The highest BCUT2D eigenvalue weighted by atomic mass is 19.1. The maximum Gasteiger partial charge on any atom is 0.267 e. The fourth-order valence-electron chi connectivity index (χ4n) is 4.09. The zero-order valence-electron chi connectivity index (χ0n) is 16.4. The molecule has 2 aliphatic heterocycles. The van der Waals surface area contributed by atoms with Gasteiger partial charge in [-0.3, -0.25) is 19.7 Å². The first-order valence-corrected chi connectivity index (χ1v) is 9.92. The van der Waals surface area contributed by atoms with Crippen molar-refractivity contribution in [2.45, 2.75) is 31.4 Å². The molecule has 1 spiro atoms.